The molecule has 2 N–H and O–H groups in total. The van der Waals surface area contributed by atoms with Gasteiger partial charge in [0.15, 0.2) is 11.6 Å². The lowest BCUT2D eigenvalue weighted by molar-refractivity contribution is 0.509. The molecule has 0 aliphatic rings. The Morgan fingerprint density at radius 1 is 1.05 bits per heavy atom. The number of nitrogens with one attached hydrogen (secondary N) is 2. The first-order chi connectivity index (χ1) is 10.6. The lowest BCUT2D eigenvalue weighted by atomic mass is 10.2. The summed E-state index contributed by atoms with van der Waals surface area (Å²) >= 11 is 0. The van der Waals surface area contributed by atoms with Crippen molar-refractivity contribution in [2.75, 3.05) is 5.32 Å². The number of pyridine rings is 1. The largest absolute Gasteiger partial charge is 0.329 e. The van der Waals surface area contributed by atoms with E-state index in [0.29, 0.717) is 16.9 Å². The SMILES string of the molecule is O=c1cc(-c2ccnc(Nc3ccc(F)c(F)c3)n2)cc[nH]1. The second kappa shape index (κ2) is 5.72. The molecule has 110 valence electrons. The van der Waals surface area contributed by atoms with Crippen LogP contribution < -0.4 is 10.9 Å². The van der Waals surface area contributed by atoms with Crippen LogP contribution in [0.15, 0.2) is 53.6 Å². The lowest BCUT2D eigenvalue weighted by Gasteiger charge is -2.07. The summed E-state index contributed by atoms with van der Waals surface area (Å²) in [6, 6.07) is 8.15. The van der Waals surface area contributed by atoms with Crippen LogP contribution in [0.3, 0.4) is 0 Å². The van der Waals surface area contributed by atoms with Crippen LogP contribution in [0.1, 0.15) is 0 Å². The second-order valence-electron chi connectivity index (χ2n) is 4.46. The number of nitrogens with zero attached hydrogens (tertiary/aromatic N) is 2. The molecule has 7 heteroatoms. The Morgan fingerprint density at radius 3 is 2.68 bits per heavy atom. The summed E-state index contributed by atoms with van der Waals surface area (Å²) in [6.45, 7) is 0. The molecular formula is C15H10F2N4O. The van der Waals surface area contributed by atoms with Crippen LogP contribution in [0.5, 0.6) is 0 Å². The number of anilines is 2. The quantitative estimate of drug-likeness (QED) is 0.780. The van der Waals surface area contributed by atoms with Gasteiger partial charge >= 0.3 is 0 Å². The highest BCUT2D eigenvalue weighted by molar-refractivity contribution is 5.61. The molecule has 0 unspecified atom stereocenters. The van der Waals surface area contributed by atoms with E-state index in [1.165, 1.54) is 24.5 Å². The van der Waals surface area contributed by atoms with Gasteiger partial charge in [-0.2, -0.15) is 0 Å². The van der Waals surface area contributed by atoms with E-state index < -0.39 is 11.6 Å². The molecule has 0 saturated carbocycles. The van der Waals surface area contributed by atoms with Gasteiger partial charge in [-0.15, -0.1) is 0 Å². The predicted octanol–water partition coefficient (Wildman–Crippen LogP) is 2.85. The van der Waals surface area contributed by atoms with Crippen LogP contribution in [0.25, 0.3) is 11.3 Å². The number of halogens is 2. The van der Waals surface area contributed by atoms with Crippen molar-refractivity contribution in [2.45, 2.75) is 0 Å². The fourth-order valence-electron chi connectivity index (χ4n) is 1.89. The molecule has 0 amide bonds. The van der Waals surface area contributed by atoms with E-state index in [4.69, 9.17) is 0 Å². The predicted molar refractivity (Wildman–Crippen MR) is 77.7 cm³/mol. The molecule has 0 aliphatic carbocycles. The van der Waals surface area contributed by atoms with E-state index in [0.717, 1.165) is 12.1 Å². The Bertz CT molecular complexity index is 879. The monoisotopic (exact) mass is 300 g/mol. The third-order valence-electron chi connectivity index (χ3n) is 2.90. The molecule has 0 atom stereocenters. The summed E-state index contributed by atoms with van der Waals surface area (Å²) in [6.07, 6.45) is 3.02. The minimum atomic E-state index is -0.962. The van der Waals surface area contributed by atoms with Crippen molar-refractivity contribution >= 4 is 11.6 Å². The van der Waals surface area contributed by atoms with Gasteiger partial charge in [0, 0.05) is 35.8 Å². The van der Waals surface area contributed by atoms with Crippen molar-refractivity contribution in [1.29, 1.82) is 0 Å². The standard InChI is InChI=1S/C15H10F2N4O/c16-11-2-1-10(8-12(11)17)20-15-19-6-4-13(21-15)9-3-5-18-14(22)7-9/h1-8H,(H,18,22)(H,19,20,21). The zero-order valence-electron chi connectivity index (χ0n) is 11.2. The van der Waals surface area contributed by atoms with Crippen molar-refractivity contribution < 1.29 is 8.78 Å². The summed E-state index contributed by atoms with van der Waals surface area (Å²) in [5.41, 5.74) is 1.24. The van der Waals surface area contributed by atoms with Gasteiger partial charge in [-0.1, -0.05) is 0 Å². The summed E-state index contributed by atoms with van der Waals surface area (Å²) in [7, 11) is 0. The molecule has 22 heavy (non-hydrogen) atoms. The molecule has 0 fully saturated rings. The van der Waals surface area contributed by atoms with E-state index in [1.54, 1.807) is 12.1 Å². The Balaban J connectivity index is 1.91. The number of aromatic amines is 1. The Labute approximate surface area is 123 Å². The molecular weight excluding hydrogens is 290 g/mol. The molecule has 0 aliphatic heterocycles. The molecule has 0 saturated heterocycles. The fourth-order valence-corrected chi connectivity index (χ4v) is 1.89. The zero-order chi connectivity index (χ0) is 15.5. The minimum absolute atomic E-state index is 0.212. The van der Waals surface area contributed by atoms with Gasteiger partial charge in [0.2, 0.25) is 11.5 Å². The third-order valence-corrected chi connectivity index (χ3v) is 2.90. The zero-order valence-corrected chi connectivity index (χ0v) is 11.2. The first-order valence-electron chi connectivity index (χ1n) is 6.36. The van der Waals surface area contributed by atoms with Gasteiger partial charge < -0.3 is 10.3 Å². The van der Waals surface area contributed by atoms with Crippen molar-refractivity contribution in [3.05, 3.63) is 70.8 Å². The summed E-state index contributed by atoms with van der Waals surface area (Å²) in [5, 5.41) is 2.78. The van der Waals surface area contributed by atoms with E-state index in [1.807, 2.05) is 0 Å². The summed E-state index contributed by atoms with van der Waals surface area (Å²) in [5.74, 6) is -1.68. The minimum Gasteiger partial charge on any atom is -0.329 e. The number of rotatable bonds is 3. The molecule has 0 bridgehead atoms. The van der Waals surface area contributed by atoms with Crippen LogP contribution in [-0.4, -0.2) is 15.0 Å². The first-order valence-corrected chi connectivity index (χ1v) is 6.36. The normalized spacial score (nSPS) is 10.5. The molecule has 2 heterocycles. The van der Waals surface area contributed by atoms with Crippen molar-refractivity contribution in [3.8, 4) is 11.3 Å². The summed E-state index contributed by atoms with van der Waals surface area (Å²) in [4.78, 5) is 22.1. The first kappa shape index (κ1) is 13.9. The average molecular weight is 300 g/mol. The number of hydrogen-bond acceptors (Lipinski definition) is 4. The highest BCUT2D eigenvalue weighted by atomic mass is 19.2. The Morgan fingerprint density at radius 2 is 1.91 bits per heavy atom. The molecule has 3 rings (SSSR count). The number of aromatic nitrogens is 3. The van der Waals surface area contributed by atoms with Crippen LogP contribution in [0, 0.1) is 11.6 Å². The lowest BCUT2D eigenvalue weighted by Crippen LogP contribution is -2.03. The second-order valence-corrected chi connectivity index (χ2v) is 4.46. The van der Waals surface area contributed by atoms with E-state index >= 15 is 0 Å². The maximum absolute atomic E-state index is 13.2. The average Bonchev–Trinajstić information content (AvgIpc) is 2.51. The van der Waals surface area contributed by atoms with Gasteiger partial charge in [0.05, 0.1) is 5.69 Å². The van der Waals surface area contributed by atoms with Gasteiger partial charge in [0.1, 0.15) is 0 Å². The molecule has 0 spiro atoms. The van der Waals surface area contributed by atoms with Crippen LogP contribution in [0.2, 0.25) is 0 Å². The van der Waals surface area contributed by atoms with Crippen LogP contribution in [-0.2, 0) is 0 Å². The molecule has 0 radical (unpaired) electrons. The van der Waals surface area contributed by atoms with Gasteiger partial charge in [0.25, 0.3) is 0 Å². The third kappa shape index (κ3) is 2.98. The fraction of sp³-hybridized carbons (Fsp3) is 0. The molecule has 1 aromatic carbocycles. The molecule has 3 aromatic rings. The molecule has 5 nitrogen and oxygen atoms in total. The highest BCUT2D eigenvalue weighted by Crippen LogP contribution is 2.19. The topological polar surface area (TPSA) is 70.7 Å². The smallest absolute Gasteiger partial charge is 0.248 e. The van der Waals surface area contributed by atoms with Crippen molar-refractivity contribution in [2.24, 2.45) is 0 Å². The Hall–Kier alpha value is -3.09. The maximum Gasteiger partial charge on any atom is 0.248 e. The van der Waals surface area contributed by atoms with Gasteiger partial charge in [-0.05, 0) is 24.3 Å². The van der Waals surface area contributed by atoms with E-state index in [2.05, 4.69) is 20.3 Å². The summed E-state index contributed by atoms with van der Waals surface area (Å²) < 4.78 is 26.1. The van der Waals surface area contributed by atoms with Gasteiger partial charge in [-0.25, -0.2) is 18.7 Å². The molecule has 2 aromatic heterocycles. The highest BCUT2D eigenvalue weighted by Gasteiger charge is 2.06. The van der Waals surface area contributed by atoms with E-state index in [-0.39, 0.29) is 11.5 Å². The number of hydrogen-bond donors (Lipinski definition) is 2. The van der Waals surface area contributed by atoms with Crippen molar-refractivity contribution in [3.63, 3.8) is 0 Å². The van der Waals surface area contributed by atoms with Crippen molar-refractivity contribution in [1.82, 2.24) is 15.0 Å². The van der Waals surface area contributed by atoms with Crippen LogP contribution >= 0.6 is 0 Å². The number of H-pyrrole nitrogens is 1. The van der Waals surface area contributed by atoms with Crippen LogP contribution in [0.4, 0.5) is 20.4 Å². The number of benzene rings is 1. The van der Waals surface area contributed by atoms with Gasteiger partial charge in [-0.3, -0.25) is 4.79 Å². The van der Waals surface area contributed by atoms with E-state index in [9.17, 15) is 13.6 Å². The Kier molecular flexibility index (Phi) is 3.61. The maximum atomic E-state index is 13.2.